The minimum atomic E-state index is -2.07. The molecule has 1 amide bonds. The predicted octanol–water partition coefficient (Wildman–Crippen LogP) is 4.20. The van der Waals surface area contributed by atoms with Gasteiger partial charge >= 0.3 is 0 Å². The number of nitrogens with one attached hydrogen (secondary N) is 1. The Hall–Kier alpha value is -2.19. The van der Waals surface area contributed by atoms with Crippen molar-refractivity contribution >= 4 is 14.2 Å². The summed E-state index contributed by atoms with van der Waals surface area (Å²) in [7, 11) is -2.07. The molecule has 0 radical (unpaired) electrons. The third kappa shape index (κ3) is 7.96. The molecular formula is C26H40N2O4Si. The van der Waals surface area contributed by atoms with Crippen LogP contribution in [0.1, 0.15) is 56.1 Å². The average molecular weight is 473 g/mol. The van der Waals surface area contributed by atoms with Crippen molar-refractivity contribution in [3.8, 4) is 5.75 Å². The van der Waals surface area contributed by atoms with E-state index in [0.29, 0.717) is 12.1 Å². The second-order valence-corrected chi connectivity index (χ2v) is 15.1. The summed E-state index contributed by atoms with van der Waals surface area (Å²) in [6.07, 6.45) is 0.837. The summed E-state index contributed by atoms with van der Waals surface area (Å²) in [6.45, 7) is 13.6. The molecule has 0 saturated carbocycles. The third-order valence-electron chi connectivity index (χ3n) is 6.45. The molecule has 5 N–H and O–H groups in total. The monoisotopic (exact) mass is 472 g/mol. The van der Waals surface area contributed by atoms with Gasteiger partial charge in [-0.15, -0.1) is 0 Å². The van der Waals surface area contributed by atoms with Crippen LogP contribution in [0, 0.1) is 0 Å². The molecular weight excluding hydrogens is 432 g/mol. The fraction of sp³-hybridized carbons (Fsp3) is 0.500. The van der Waals surface area contributed by atoms with Crippen molar-refractivity contribution in [3.05, 3.63) is 64.7 Å². The summed E-state index contributed by atoms with van der Waals surface area (Å²) in [5.74, 6) is -0.246. The molecule has 0 heterocycles. The molecule has 0 bridgehead atoms. The lowest BCUT2D eigenvalue weighted by molar-refractivity contribution is -0.117. The van der Waals surface area contributed by atoms with Crippen molar-refractivity contribution in [2.45, 2.75) is 77.4 Å². The number of carbonyl (C=O) groups is 1. The minimum Gasteiger partial charge on any atom is -0.508 e. The van der Waals surface area contributed by atoms with E-state index in [1.54, 1.807) is 6.07 Å². The number of carbonyl (C=O) groups excluding carboxylic acids is 1. The molecule has 0 spiro atoms. The molecule has 2 rings (SSSR count). The van der Waals surface area contributed by atoms with E-state index in [0.717, 1.165) is 23.1 Å². The summed E-state index contributed by atoms with van der Waals surface area (Å²) in [5, 5.41) is 23.3. The zero-order valence-electron chi connectivity index (χ0n) is 20.8. The second-order valence-electron chi connectivity index (χ2n) is 10.4. The maximum atomic E-state index is 11.2. The van der Waals surface area contributed by atoms with Gasteiger partial charge in [-0.2, -0.15) is 0 Å². The maximum Gasteiger partial charge on any atom is 0.221 e. The second kappa shape index (κ2) is 11.3. The van der Waals surface area contributed by atoms with E-state index in [1.165, 1.54) is 0 Å². The van der Waals surface area contributed by atoms with Gasteiger partial charge in [-0.3, -0.25) is 4.79 Å². The zero-order chi connectivity index (χ0) is 24.8. The van der Waals surface area contributed by atoms with Crippen LogP contribution in [0.25, 0.3) is 0 Å². The van der Waals surface area contributed by atoms with Crippen molar-refractivity contribution in [1.29, 1.82) is 0 Å². The van der Waals surface area contributed by atoms with Gasteiger partial charge in [0.1, 0.15) is 5.75 Å². The van der Waals surface area contributed by atoms with Gasteiger partial charge < -0.3 is 25.7 Å². The lowest BCUT2D eigenvalue weighted by atomic mass is 10.0. The molecule has 33 heavy (non-hydrogen) atoms. The van der Waals surface area contributed by atoms with Crippen molar-refractivity contribution in [1.82, 2.24) is 5.32 Å². The molecule has 0 aliphatic heterocycles. The Morgan fingerprint density at radius 3 is 2.42 bits per heavy atom. The Morgan fingerprint density at radius 1 is 1.15 bits per heavy atom. The standard InChI is InChI=1S/C26H40N2O4Si/c1-18(12-19-8-7-9-20(13-19)14-25(27)31)28-16-24(32-33(5,6)26(2,3)4)21-10-11-23(30)22(15-21)17-29/h7-11,13,15,18,24,28-30H,12,14,16-17H2,1-6H3,(H2,27,31)/t18-,24+/m1/s1. The number of amides is 1. The van der Waals surface area contributed by atoms with Crippen LogP contribution >= 0.6 is 0 Å². The van der Waals surface area contributed by atoms with Gasteiger partial charge in [0.15, 0.2) is 8.32 Å². The van der Waals surface area contributed by atoms with E-state index < -0.39 is 8.32 Å². The lowest BCUT2D eigenvalue weighted by Gasteiger charge is -2.40. The van der Waals surface area contributed by atoms with E-state index in [2.05, 4.69) is 52.2 Å². The number of phenols is 1. The largest absolute Gasteiger partial charge is 0.508 e. The van der Waals surface area contributed by atoms with Crippen LogP contribution in [0.4, 0.5) is 0 Å². The fourth-order valence-corrected chi connectivity index (χ4v) is 4.78. The highest BCUT2D eigenvalue weighted by Gasteiger charge is 2.39. The molecule has 2 atom stereocenters. The number of nitrogens with two attached hydrogens (primary N) is 1. The summed E-state index contributed by atoms with van der Waals surface area (Å²) in [5.41, 5.74) is 8.83. The number of hydrogen-bond acceptors (Lipinski definition) is 5. The number of aromatic hydroxyl groups is 1. The molecule has 0 aromatic heterocycles. The summed E-state index contributed by atoms with van der Waals surface area (Å²) < 4.78 is 6.75. The number of benzene rings is 2. The lowest BCUT2D eigenvalue weighted by Crippen LogP contribution is -2.44. The van der Waals surface area contributed by atoms with Gasteiger partial charge in [0.25, 0.3) is 0 Å². The normalized spacial score (nSPS) is 14.2. The van der Waals surface area contributed by atoms with Gasteiger partial charge in [-0.05, 0) is 60.3 Å². The van der Waals surface area contributed by atoms with E-state index >= 15 is 0 Å². The number of hydrogen-bond donors (Lipinski definition) is 4. The number of primary amides is 1. The number of rotatable bonds is 11. The first-order chi connectivity index (χ1) is 15.3. The minimum absolute atomic E-state index is 0.0501. The zero-order valence-corrected chi connectivity index (χ0v) is 21.8. The highest BCUT2D eigenvalue weighted by Crippen LogP contribution is 2.40. The SMILES string of the molecule is C[C@H](Cc1cccc(CC(N)=O)c1)NC[C@H](O[Si](C)(C)C(C)(C)C)c1ccc(O)c(CO)c1. The number of aliphatic hydroxyl groups is 1. The van der Waals surface area contributed by atoms with Crippen LogP contribution < -0.4 is 11.1 Å². The Labute approximate surface area is 199 Å². The third-order valence-corrected chi connectivity index (χ3v) is 10.9. The van der Waals surface area contributed by atoms with Crippen LogP contribution in [0.15, 0.2) is 42.5 Å². The molecule has 0 aliphatic carbocycles. The van der Waals surface area contributed by atoms with E-state index in [1.807, 2.05) is 30.3 Å². The summed E-state index contributed by atoms with van der Waals surface area (Å²) >= 11 is 0. The van der Waals surface area contributed by atoms with Crippen LogP contribution in [-0.2, 0) is 28.7 Å². The van der Waals surface area contributed by atoms with Crippen LogP contribution in [0.2, 0.25) is 18.1 Å². The van der Waals surface area contributed by atoms with Gasteiger partial charge in [-0.1, -0.05) is 51.1 Å². The van der Waals surface area contributed by atoms with Crippen molar-refractivity contribution in [2.24, 2.45) is 5.73 Å². The van der Waals surface area contributed by atoms with Crippen LogP contribution in [-0.4, -0.2) is 37.0 Å². The van der Waals surface area contributed by atoms with Gasteiger partial charge in [0, 0.05) is 18.2 Å². The maximum absolute atomic E-state index is 11.2. The van der Waals surface area contributed by atoms with Crippen molar-refractivity contribution < 1.29 is 19.4 Å². The smallest absolute Gasteiger partial charge is 0.221 e. The highest BCUT2D eigenvalue weighted by atomic mass is 28.4. The van der Waals surface area contributed by atoms with Crippen LogP contribution in [0.3, 0.4) is 0 Å². The van der Waals surface area contributed by atoms with Crippen molar-refractivity contribution in [3.63, 3.8) is 0 Å². The van der Waals surface area contributed by atoms with Crippen molar-refractivity contribution in [2.75, 3.05) is 6.54 Å². The first-order valence-corrected chi connectivity index (χ1v) is 14.4. The molecule has 0 unspecified atom stereocenters. The predicted molar refractivity (Wildman–Crippen MR) is 136 cm³/mol. The summed E-state index contributed by atoms with van der Waals surface area (Å²) in [4.78, 5) is 11.2. The van der Waals surface area contributed by atoms with E-state index in [9.17, 15) is 15.0 Å². The van der Waals surface area contributed by atoms with Gasteiger partial charge in [0.2, 0.25) is 5.91 Å². The highest BCUT2D eigenvalue weighted by molar-refractivity contribution is 6.74. The fourth-order valence-electron chi connectivity index (χ4n) is 3.49. The molecule has 7 heteroatoms. The molecule has 2 aromatic rings. The Balaban J connectivity index is 2.17. The number of aliphatic hydroxyl groups excluding tert-OH is 1. The molecule has 6 nitrogen and oxygen atoms in total. The first-order valence-electron chi connectivity index (χ1n) is 11.5. The topological polar surface area (TPSA) is 105 Å². The summed E-state index contributed by atoms with van der Waals surface area (Å²) in [6, 6.07) is 13.4. The molecule has 182 valence electrons. The molecule has 0 aliphatic rings. The molecule has 2 aromatic carbocycles. The van der Waals surface area contributed by atoms with Gasteiger partial charge in [-0.25, -0.2) is 0 Å². The van der Waals surface area contributed by atoms with Crippen LogP contribution in [0.5, 0.6) is 5.75 Å². The Kier molecular flexibility index (Phi) is 9.26. The molecule has 0 fully saturated rings. The average Bonchev–Trinajstić information content (AvgIpc) is 2.70. The Morgan fingerprint density at radius 2 is 1.82 bits per heavy atom. The molecule has 0 saturated heterocycles. The van der Waals surface area contributed by atoms with E-state index in [-0.39, 0.29) is 41.9 Å². The first kappa shape index (κ1) is 27.1. The van der Waals surface area contributed by atoms with E-state index in [4.69, 9.17) is 10.2 Å². The quantitative estimate of drug-likeness (QED) is 0.367. The van der Waals surface area contributed by atoms with Gasteiger partial charge in [0.05, 0.1) is 19.1 Å². The Bertz CT molecular complexity index is 940.